The van der Waals surface area contributed by atoms with Gasteiger partial charge in [-0.1, -0.05) is 37.3 Å². The third-order valence-corrected chi connectivity index (χ3v) is 3.14. The molecule has 0 aliphatic heterocycles. The number of carbonyl (C=O) groups excluding carboxylic acids is 1. The number of carboxylic acid groups (broad SMARTS) is 1. The Morgan fingerprint density at radius 3 is 2.28 bits per heavy atom. The molecule has 0 amide bonds. The van der Waals surface area contributed by atoms with Gasteiger partial charge in [-0.05, 0) is 24.3 Å². The molecule has 1 aromatic carbocycles. The molecule has 1 N–H and O–H groups in total. The van der Waals surface area contributed by atoms with E-state index in [9.17, 15) is 9.59 Å². The lowest BCUT2D eigenvalue weighted by Gasteiger charge is -2.16. The average molecular weight is 248 g/mol. The Morgan fingerprint density at radius 1 is 1.11 bits per heavy atom. The van der Waals surface area contributed by atoms with Crippen LogP contribution in [0.5, 0.6) is 0 Å². The van der Waals surface area contributed by atoms with Crippen LogP contribution in [0.2, 0.25) is 0 Å². The maximum atomic E-state index is 11.4. The van der Waals surface area contributed by atoms with Crippen LogP contribution in [0, 0.1) is 0 Å². The summed E-state index contributed by atoms with van der Waals surface area (Å²) in [5.41, 5.74) is 1.13. The van der Waals surface area contributed by atoms with Crippen molar-refractivity contribution in [3.63, 3.8) is 0 Å². The minimum atomic E-state index is -0.780. The minimum absolute atomic E-state index is 0.153. The number of rotatable bonds is 8. The van der Waals surface area contributed by atoms with E-state index in [1.807, 2.05) is 37.3 Å². The van der Waals surface area contributed by atoms with E-state index in [0.717, 1.165) is 12.0 Å². The summed E-state index contributed by atoms with van der Waals surface area (Å²) in [6, 6.07) is 9.84. The molecule has 0 fully saturated rings. The molecule has 18 heavy (non-hydrogen) atoms. The Hall–Kier alpha value is -1.64. The molecule has 1 unspecified atom stereocenters. The lowest BCUT2D eigenvalue weighted by molar-refractivity contribution is -0.137. The summed E-state index contributed by atoms with van der Waals surface area (Å²) >= 11 is 0. The second-order valence-corrected chi connectivity index (χ2v) is 4.47. The first kappa shape index (κ1) is 14.4. The van der Waals surface area contributed by atoms with Gasteiger partial charge in [-0.15, -0.1) is 0 Å². The van der Waals surface area contributed by atoms with E-state index in [4.69, 9.17) is 5.11 Å². The minimum Gasteiger partial charge on any atom is -0.481 e. The molecule has 0 saturated carbocycles. The standard InChI is InChI=1S/C15H20O3/c1-2-14(16)10-8-13(9-11-15(17)18)12-6-4-3-5-7-12/h3-7,13H,2,8-11H2,1H3,(H,17,18). The van der Waals surface area contributed by atoms with E-state index in [2.05, 4.69) is 0 Å². The molecule has 0 bridgehead atoms. The predicted molar refractivity (Wildman–Crippen MR) is 70.6 cm³/mol. The highest BCUT2D eigenvalue weighted by atomic mass is 16.4. The van der Waals surface area contributed by atoms with Crippen LogP contribution in [0.1, 0.15) is 50.5 Å². The highest BCUT2D eigenvalue weighted by molar-refractivity contribution is 5.78. The van der Waals surface area contributed by atoms with Gasteiger partial charge >= 0.3 is 5.97 Å². The topological polar surface area (TPSA) is 54.4 Å². The highest BCUT2D eigenvalue weighted by Gasteiger charge is 2.14. The van der Waals surface area contributed by atoms with Crippen LogP contribution >= 0.6 is 0 Å². The van der Waals surface area contributed by atoms with Gasteiger partial charge in [0.25, 0.3) is 0 Å². The summed E-state index contributed by atoms with van der Waals surface area (Å²) in [6.45, 7) is 1.86. The summed E-state index contributed by atoms with van der Waals surface area (Å²) in [4.78, 5) is 22.0. The van der Waals surface area contributed by atoms with E-state index >= 15 is 0 Å². The zero-order valence-corrected chi connectivity index (χ0v) is 10.8. The molecule has 0 radical (unpaired) electrons. The molecule has 0 saturated heterocycles. The number of carboxylic acids is 1. The van der Waals surface area contributed by atoms with Gasteiger partial charge in [-0.3, -0.25) is 9.59 Å². The molecular formula is C15H20O3. The van der Waals surface area contributed by atoms with Crippen molar-refractivity contribution in [1.82, 2.24) is 0 Å². The van der Waals surface area contributed by atoms with Crippen LogP contribution in [0.15, 0.2) is 30.3 Å². The van der Waals surface area contributed by atoms with Crippen LogP contribution < -0.4 is 0 Å². The number of carbonyl (C=O) groups is 2. The Labute approximate surface area is 108 Å². The van der Waals surface area contributed by atoms with Crippen molar-refractivity contribution in [1.29, 1.82) is 0 Å². The molecule has 0 aliphatic rings. The zero-order chi connectivity index (χ0) is 13.4. The molecule has 0 spiro atoms. The Morgan fingerprint density at radius 2 is 1.72 bits per heavy atom. The van der Waals surface area contributed by atoms with Gasteiger partial charge in [0.1, 0.15) is 5.78 Å². The molecular weight excluding hydrogens is 228 g/mol. The van der Waals surface area contributed by atoms with Crippen molar-refractivity contribution in [2.24, 2.45) is 0 Å². The van der Waals surface area contributed by atoms with Gasteiger partial charge in [0, 0.05) is 19.3 Å². The largest absolute Gasteiger partial charge is 0.481 e. The van der Waals surface area contributed by atoms with Gasteiger partial charge in [0.15, 0.2) is 0 Å². The highest BCUT2D eigenvalue weighted by Crippen LogP contribution is 2.26. The smallest absolute Gasteiger partial charge is 0.303 e. The van der Waals surface area contributed by atoms with Gasteiger partial charge in [0.2, 0.25) is 0 Å². The Kier molecular flexibility index (Phi) is 6.12. The van der Waals surface area contributed by atoms with Crippen molar-refractivity contribution in [3.8, 4) is 0 Å². The quantitative estimate of drug-likeness (QED) is 0.767. The molecule has 3 nitrogen and oxygen atoms in total. The van der Waals surface area contributed by atoms with Crippen LogP contribution in [-0.2, 0) is 9.59 Å². The summed E-state index contributed by atoms with van der Waals surface area (Å²) < 4.78 is 0. The van der Waals surface area contributed by atoms with Gasteiger partial charge in [0.05, 0.1) is 0 Å². The van der Waals surface area contributed by atoms with Crippen molar-refractivity contribution >= 4 is 11.8 Å². The number of ketones is 1. The third kappa shape index (κ3) is 5.13. The first-order chi connectivity index (χ1) is 8.63. The van der Waals surface area contributed by atoms with E-state index in [-0.39, 0.29) is 18.1 Å². The normalized spacial score (nSPS) is 12.1. The third-order valence-electron chi connectivity index (χ3n) is 3.14. The molecule has 1 atom stereocenters. The summed E-state index contributed by atoms with van der Waals surface area (Å²) in [5, 5.41) is 8.77. The number of benzene rings is 1. The Balaban J connectivity index is 2.63. The Bertz CT molecular complexity index is 384. The summed E-state index contributed by atoms with van der Waals surface area (Å²) in [7, 11) is 0. The summed E-state index contributed by atoms with van der Waals surface area (Å²) in [6.07, 6.45) is 2.58. The molecule has 3 heteroatoms. The number of hydrogen-bond donors (Lipinski definition) is 1. The first-order valence-corrected chi connectivity index (χ1v) is 6.42. The maximum absolute atomic E-state index is 11.4. The fourth-order valence-electron chi connectivity index (χ4n) is 2.01. The van der Waals surface area contributed by atoms with Crippen LogP contribution in [0.25, 0.3) is 0 Å². The van der Waals surface area contributed by atoms with Crippen LogP contribution in [-0.4, -0.2) is 16.9 Å². The van der Waals surface area contributed by atoms with Gasteiger partial charge < -0.3 is 5.11 Å². The van der Waals surface area contributed by atoms with Crippen LogP contribution in [0.3, 0.4) is 0 Å². The summed E-state index contributed by atoms with van der Waals surface area (Å²) in [5.74, 6) is -0.373. The first-order valence-electron chi connectivity index (χ1n) is 6.42. The SMILES string of the molecule is CCC(=O)CCC(CCC(=O)O)c1ccccc1. The van der Waals surface area contributed by atoms with E-state index in [1.54, 1.807) is 0 Å². The van der Waals surface area contributed by atoms with E-state index in [1.165, 1.54) is 0 Å². The second kappa shape index (κ2) is 7.64. The molecule has 1 rings (SSSR count). The molecule has 0 aromatic heterocycles. The van der Waals surface area contributed by atoms with E-state index < -0.39 is 5.97 Å². The molecule has 98 valence electrons. The van der Waals surface area contributed by atoms with Crippen molar-refractivity contribution in [2.45, 2.75) is 44.9 Å². The van der Waals surface area contributed by atoms with Crippen molar-refractivity contribution in [2.75, 3.05) is 0 Å². The lowest BCUT2D eigenvalue weighted by Crippen LogP contribution is -2.06. The zero-order valence-electron chi connectivity index (χ0n) is 10.8. The second-order valence-electron chi connectivity index (χ2n) is 4.47. The average Bonchev–Trinajstić information content (AvgIpc) is 2.39. The number of hydrogen-bond acceptors (Lipinski definition) is 2. The monoisotopic (exact) mass is 248 g/mol. The van der Waals surface area contributed by atoms with Crippen molar-refractivity contribution < 1.29 is 14.7 Å². The maximum Gasteiger partial charge on any atom is 0.303 e. The molecule has 0 heterocycles. The lowest BCUT2D eigenvalue weighted by atomic mass is 9.89. The number of aliphatic carboxylic acids is 1. The fourth-order valence-corrected chi connectivity index (χ4v) is 2.01. The van der Waals surface area contributed by atoms with Gasteiger partial charge in [-0.2, -0.15) is 0 Å². The van der Waals surface area contributed by atoms with Crippen LogP contribution in [0.4, 0.5) is 0 Å². The predicted octanol–water partition coefficient (Wildman–Crippen LogP) is 3.39. The molecule has 1 aromatic rings. The van der Waals surface area contributed by atoms with E-state index in [0.29, 0.717) is 19.3 Å². The van der Waals surface area contributed by atoms with Crippen molar-refractivity contribution in [3.05, 3.63) is 35.9 Å². The van der Waals surface area contributed by atoms with Gasteiger partial charge in [-0.25, -0.2) is 0 Å². The number of Topliss-reactive ketones (excluding diaryl/α,β-unsaturated/α-hetero) is 1. The molecule has 0 aliphatic carbocycles. The fraction of sp³-hybridized carbons (Fsp3) is 0.467.